The van der Waals surface area contributed by atoms with Gasteiger partial charge in [0.25, 0.3) is 0 Å². The maximum atomic E-state index is 12.2. The predicted octanol–water partition coefficient (Wildman–Crippen LogP) is 4.00. The molecule has 3 atom stereocenters. The van der Waals surface area contributed by atoms with Crippen molar-refractivity contribution < 1.29 is 39.3 Å². The zero-order valence-electron chi connectivity index (χ0n) is 23.3. The first kappa shape index (κ1) is 36.7. The molecule has 0 aliphatic rings. The monoisotopic (exact) mass is 575 g/mol. The average molecular weight is 576 g/mol. The molecule has 12 heteroatoms. The topological polar surface area (TPSA) is 182 Å². The summed E-state index contributed by atoms with van der Waals surface area (Å²) in [6, 6.07) is -1.76. The van der Waals surface area contributed by atoms with Crippen molar-refractivity contribution in [2.45, 2.75) is 134 Å². The molecule has 0 fully saturated rings. The molecule has 0 aromatic heterocycles. The van der Waals surface area contributed by atoms with Crippen LogP contribution in [0.15, 0.2) is 0 Å². The van der Waals surface area contributed by atoms with Gasteiger partial charge in [-0.15, -0.1) is 0 Å². The Hall–Kier alpha value is -2.26. The van der Waals surface area contributed by atoms with Gasteiger partial charge in [-0.3, -0.25) is 24.3 Å². The highest BCUT2D eigenvalue weighted by molar-refractivity contribution is 7.13. The summed E-state index contributed by atoms with van der Waals surface area (Å²) in [5, 5.41) is 34.8. The number of rotatable bonds is 27. The van der Waals surface area contributed by atoms with Gasteiger partial charge in [-0.2, -0.15) is 0 Å². The van der Waals surface area contributed by atoms with Gasteiger partial charge in [0.2, 0.25) is 11.8 Å². The molecule has 2 amide bonds. The van der Waals surface area contributed by atoms with Crippen molar-refractivity contribution >= 4 is 39.1 Å². The quantitative estimate of drug-likeness (QED) is 0.0623. The summed E-state index contributed by atoms with van der Waals surface area (Å²) in [5.41, 5.74) is 0. The summed E-state index contributed by atoms with van der Waals surface area (Å²) >= 11 is 0. The van der Waals surface area contributed by atoms with Gasteiger partial charge in [0, 0.05) is 25.8 Å². The third kappa shape index (κ3) is 23.4. The normalized spacial score (nSPS) is 12.4. The number of hydrogen-bond acceptors (Lipinski definition) is 6. The van der Waals surface area contributed by atoms with Gasteiger partial charge in [-0.25, -0.2) is 4.79 Å². The standard InChI is InChI=1S/C27H50N3O8P/c31-23(28-20-14-13-15-22(30-39)27(37)38)19-18-21(26(35)36)29-24(32)16-11-9-7-5-3-1-2-4-6-8-10-12-17-25(33)34/h21-22,30H,1-20,39H2,(H,28,31)(H,29,32)(H,33,34)(H,35,36)(H,37,38)/t21-,22-/m0/s1. The third-order valence-corrected chi connectivity index (χ3v) is 6.98. The van der Waals surface area contributed by atoms with E-state index in [4.69, 9.17) is 10.2 Å². The Morgan fingerprint density at radius 1 is 0.538 bits per heavy atom. The summed E-state index contributed by atoms with van der Waals surface area (Å²) in [6.07, 6.45) is 14.7. The Bertz CT molecular complexity index is 723. The first-order valence-corrected chi connectivity index (χ1v) is 14.9. The molecule has 226 valence electrons. The van der Waals surface area contributed by atoms with Gasteiger partial charge in [0.05, 0.1) is 0 Å². The first-order chi connectivity index (χ1) is 18.7. The van der Waals surface area contributed by atoms with Gasteiger partial charge in [0.15, 0.2) is 0 Å². The number of hydrogen-bond donors (Lipinski definition) is 6. The molecular weight excluding hydrogens is 525 g/mol. The highest BCUT2D eigenvalue weighted by Crippen LogP contribution is 2.13. The van der Waals surface area contributed by atoms with Crippen molar-refractivity contribution in [3.8, 4) is 0 Å². The minimum atomic E-state index is -1.17. The molecule has 1 unspecified atom stereocenters. The molecule has 0 aliphatic heterocycles. The van der Waals surface area contributed by atoms with Crippen LogP contribution in [0, 0.1) is 0 Å². The molecule has 0 aliphatic carbocycles. The minimum Gasteiger partial charge on any atom is -0.481 e. The molecular formula is C27H50N3O8P. The van der Waals surface area contributed by atoms with E-state index in [0.29, 0.717) is 32.2 Å². The predicted molar refractivity (Wildman–Crippen MR) is 152 cm³/mol. The van der Waals surface area contributed by atoms with Crippen LogP contribution in [0.25, 0.3) is 0 Å². The van der Waals surface area contributed by atoms with Crippen molar-refractivity contribution in [3.63, 3.8) is 0 Å². The van der Waals surface area contributed by atoms with Gasteiger partial charge in [-0.1, -0.05) is 73.6 Å². The van der Waals surface area contributed by atoms with E-state index >= 15 is 0 Å². The zero-order valence-corrected chi connectivity index (χ0v) is 24.4. The number of carboxylic acid groups (broad SMARTS) is 3. The molecule has 0 radical (unpaired) electrons. The van der Waals surface area contributed by atoms with Crippen molar-refractivity contribution in [1.29, 1.82) is 0 Å². The van der Waals surface area contributed by atoms with E-state index < -0.39 is 30.0 Å². The smallest absolute Gasteiger partial charge is 0.326 e. The first-order valence-electron chi connectivity index (χ1n) is 14.4. The Kier molecular flexibility index (Phi) is 23.3. The highest BCUT2D eigenvalue weighted by Gasteiger charge is 2.21. The summed E-state index contributed by atoms with van der Waals surface area (Å²) in [6.45, 7) is 0.377. The van der Waals surface area contributed by atoms with Gasteiger partial charge in [-0.05, 0) is 38.5 Å². The molecule has 0 heterocycles. The fourth-order valence-electron chi connectivity index (χ4n) is 4.20. The zero-order chi connectivity index (χ0) is 29.3. The van der Waals surface area contributed by atoms with Gasteiger partial charge >= 0.3 is 17.9 Å². The fraction of sp³-hybridized carbons (Fsp3) is 0.815. The molecule has 0 bridgehead atoms. The lowest BCUT2D eigenvalue weighted by Crippen LogP contribution is -2.41. The second-order valence-corrected chi connectivity index (χ2v) is 10.4. The van der Waals surface area contributed by atoms with E-state index in [2.05, 4.69) is 25.1 Å². The molecule has 6 N–H and O–H groups in total. The lowest BCUT2D eigenvalue weighted by Gasteiger charge is -2.14. The number of carbonyl (C=O) groups excluding carboxylic acids is 2. The van der Waals surface area contributed by atoms with Crippen LogP contribution in [0.4, 0.5) is 0 Å². The van der Waals surface area contributed by atoms with Crippen LogP contribution in [0.5, 0.6) is 0 Å². The fourth-order valence-corrected chi connectivity index (χ4v) is 4.51. The number of nitrogens with one attached hydrogen (secondary N) is 3. The van der Waals surface area contributed by atoms with Crippen molar-refractivity contribution in [3.05, 3.63) is 0 Å². The largest absolute Gasteiger partial charge is 0.481 e. The van der Waals surface area contributed by atoms with Crippen LogP contribution in [0.2, 0.25) is 0 Å². The number of unbranched alkanes of at least 4 members (excludes halogenated alkanes) is 12. The van der Waals surface area contributed by atoms with Crippen LogP contribution in [0.3, 0.4) is 0 Å². The Balaban J connectivity index is 3.78. The molecule has 0 aromatic rings. The van der Waals surface area contributed by atoms with Crippen molar-refractivity contribution in [1.82, 2.24) is 15.7 Å². The molecule has 0 spiro atoms. The maximum absolute atomic E-state index is 12.2. The molecule has 0 saturated heterocycles. The molecule has 11 nitrogen and oxygen atoms in total. The summed E-state index contributed by atoms with van der Waals surface area (Å²) in [7, 11) is 2.18. The SMILES string of the molecule is O=C(O)CCCCCCCCCCCCCCC(=O)N[C@@H](CCC(=O)NCCCC[C@H](NP)C(=O)O)C(=O)O. The third-order valence-electron chi connectivity index (χ3n) is 6.58. The van der Waals surface area contributed by atoms with E-state index in [1.54, 1.807) is 0 Å². The lowest BCUT2D eigenvalue weighted by molar-refractivity contribution is -0.142. The van der Waals surface area contributed by atoms with Crippen LogP contribution in [0.1, 0.15) is 122 Å². The minimum absolute atomic E-state index is 0.00725. The number of carboxylic acids is 3. The Labute approximate surface area is 234 Å². The van der Waals surface area contributed by atoms with Crippen LogP contribution >= 0.6 is 9.39 Å². The second kappa shape index (κ2) is 24.8. The molecule has 0 saturated carbocycles. The molecule has 0 rings (SSSR count). The van der Waals surface area contributed by atoms with Crippen LogP contribution in [-0.2, 0) is 24.0 Å². The number of amides is 2. The van der Waals surface area contributed by atoms with Gasteiger partial charge < -0.3 is 26.0 Å². The van der Waals surface area contributed by atoms with Crippen LogP contribution in [-0.4, -0.2) is 63.7 Å². The second-order valence-electron chi connectivity index (χ2n) is 10.0. The van der Waals surface area contributed by atoms with E-state index in [1.165, 1.54) is 19.3 Å². The van der Waals surface area contributed by atoms with E-state index in [-0.39, 0.29) is 37.5 Å². The van der Waals surface area contributed by atoms with Crippen LogP contribution < -0.4 is 15.7 Å². The number of aliphatic carboxylic acids is 3. The molecule has 0 aromatic carbocycles. The van der Waals surface area contributed by atoms with E-state index in [0.717, 1.165) is 51.4 Å². The lowest BCUT2D eigenvalue weighted by atomic mass is 10.0. The molecule has 39 heavy (non-hydrogen) atoms. The summed E-state index contributed by atoms with van der Waals surface area (Å²) in [4.78, 5) is 57.0. The highest BCUT2D eigenvalue weighted by atomic mass is 31.0. The number of carbonyl (C=O) groups is 5. The van der Waals surface area contributed by atoms with E-state index in [9.17, 15) is 29.1 Å². The Morgan fingerprint density at radius 2 is 1.03 bits per heavy atom. The van der Waals surface area contributed by atoms with Crippen molar-refractivity contribution in [2.75, 3.05) is 6.54 Å². The summed E-state index contributed by atoms with van der Waals surface area (Å²) in [5.74, 6) is -3.44. The van der Waals surface area contributed by atoms with Gasteiger partial charge in [0.1, 0.15) is 12.1 Å². The van der Waals surface area contributed by atoms with E-state index in [1.807, 2.05) is 0 Å². The Morgan fingerprint density at radius 3 is 1.49 bits per heavy atom. The summed E-state index contributed by atoms with van der Waals surface area (Å²) < 4.78 is 0. The maximum Gasteiger partial charge on any atom is 0.326 e. The average Bonchev–Trinajstić information content (AvgIpc) is 2.88. The van der Waals surface area contributed by atoms with Crippen molar-refractivity contribution in [2.24, 2.45) is 0 Å².